The first-order valence-corrected chi connectivity index (χ1v) is 6.83. The molecule has 0 aliphatic heterocycles. The highest BCUT2D eigenvalue weighted by Crippen LogP contribution is 2.73. The minimum atomic E-state index is -0.480. The predicted molar refractivity (Wildman–Crippen MR) is 63.7 cm³/mol. The Balaban J connectivity index is 2.05. The summed E-state index contributed by atoms with van der Waals surface area (Å²) in [5, 5.41) is 0. The van der Waals surface area contributed by atoms with E-state index in [4.69, 9.17) is 0 Å². The maximum absolute atomic E-state index is 12.5. The third-order valence-electron chi connectivity index (χ3n) is 6.22. The SMILES string of the molecule is CC12CC3(C)CC(C)(C1)C1C(=O)C2C(=O)C3C1=O. The van der Waals surface area contributed by atoms with Crippen molar-refractivity contribution in [2.45, 2.75) is 40.0 Å². The summed E-state index contributed by atoms with van der Waals surface area (Å²) in [5.41, 5.74) is -0.573. The Morgan fingerprint density at radius 1 is 0.667 bits per heavy atom. The van der Waals surface area contributed by atoms with Crippen molar-refractivity contribution >= 4 is 17.3 Å². The van der Waals surface area contributed by atoms with Gasteiger partial charge < -0.3 is 0 Å². The summed E-state index contributed by atoms with van der Waals surface area (Å²) in [6.07, 6.45) is 2.59. The highest BCUT2D eigenvalue weighted by atomic mass is 16.2. The van der Waals surface area contributed by atoms with Crippen molar-refractivity contribution in [2.75, 3.05) is 0 Å². The van der Waals surface area contributed by atoms with E-state index < -0.39 is 17.8 Å². The molecule has 18 heavy (non-hydrogen) atoms. The van der Waals surface area contributed by atoms with E-state index in [0.29, 0.717) is 0 Å². The Kier molecular flexibility index (Phi) is 1.51. The molecule has 0 aromatic rings. The first-order chi connectivity index (χ1) is 8.22. The molecule has 0 N–H and O–H groups in total. The van der Waals surface area contributed by atoms with E-state index >= 15 is 0 Å². The second-order valence-corrected chi connectivity index (χ2v) is 8.00. The van der Waals surface area contributed by atoms with Crippen LogP contribution in [-0.2, 0) is 14.4 Å². The third-order valence-corrected chi connectivity index (χ3v) is 6.22. The van der Waals surface area contributed by atoms with Gasteiger partial charge in [0, 0.05) is 0 Å². The van der Waals surface area contributed by atoms with Crippen molar-refractivity contribution in [2.24, 2.45) is 34.0 Å². The number of carbonyl (C=O) groups excluding carboxylic acids is 3. The molecule has 0 aromatic carbocycles. The van der Waals surface area contributed by atoms with E-state index in [2.05, 4.69) is 20.8 Å². The number of Topliss-reactive ketones (excluding diaryl/α,β-unsaturated/α-hetero) is 3. The average molecular weight is 246 g/mol. The first kappa shape index (κ1) is 10.9. The van der Waals surface area contributed by atoms with Gasteiger partial charge in [0.25, 0.3) is 0 Å². The van der Waals surface area contributed by atoms with Gasteiger partial charge in [0.15, 0.2) is 17.3 Å². The molecule has 5 saturated carbocycles. The molecular weight excluding hydrogens is 228 g/mol. The fraction of sp³-hybridized carbons (Fsp3) is 0.800. The van der Waals surface area contributed by atoms with Crippen molar-refractivity contribution in [3.8, 4) is 0 Å². The van der Waals surface area contributed by atoms with Gasteiger partial charge in [-0.25, -0.2) is 0 Å². The lowest BCUT2D eigenvalue weighted by Crippen LogP contribution is -2.74. The number of hydrogen-bond donors (Lipinski definition) is 0. The van der Waals surface area contributed by atoms with E-state index in [9.17, 15) is 14.4 Å². The molecule has 0 radical (unpaired) electrons. The van der Waals surface area contributed by atoms with Crippen LogP contribution in [0.15, 0.2) is 0 Å². The summed E-state index contributed by atoms with van der Waals surface area (Å²) in [4.78, 5) is 37.6. The van der Waals surface area contributed by atoms with E-state index in [0.717, 1.165) is 19.3 Å². The van der Waals surface area contributed by atoms with Crippen LogP contribution in [0.25, 0.3) is 0 Å². The second kappa shape index (κ2) is 2.50. The zero-order chi connectivity index (χ0) is 13.1. The summed E-state index contributed by atoms with van der Waals surface area (Å²) >= 11 is 0. The monoisotopic (exact) mass is 246 g/mol. The van der Waals surface area contributed by atoms with Crippen LogP contribution in [0.2, 0.25) is 0 Å². The summed E-state index contributed by atoms with van der Waals surface area (Å²) in [6.45, 7) is 6.27. The minimum absolute atomic E-state index is 0.0562. The van der Waals surface area contributed by atoms with Crippen LogP contribution in [0.5, 0.6) is 0 Å². The fourth-order valence-corrected chi connectivity index (χ4v) is 6.55. The summed E-state index contributed by atoms with van der Waals surface area (Å²) in [5.74, 6) is -1.61. The minimum Gasteiger partial charge on any atom is -0.298 e. The molecule has 0 aromatic heterocycles. The molecular formula is C15H18O3. The van der Waals surface area contributed by atoms with Crippen molar-refractivity contribution < 1.29 is 14.4 Å². The van der Waals surface area contributed by atoms with Gasteiger partial charge in [0.1, 0.15) is 0 Å². The predicted octanol–water partition coefficient (Wildman–Crippen LogP) is 1.79. The lowest BCUT2D eigenvalue weighted by molar-refractivity contribution is -0.209. The van der Waals surface area contributed by atoms with Gasteiger partial charge in [-0.15, -0.1) is 0 Å². The molecule has 5 aliphatic carbocycles. The molecule has 5 rings (SSSR count). The van der Waals surface area contributed by atoms with Crippen LogP contribution in [-0.4, -0.2) is 17.3 Å². The Morgan fingerprint density at radius 2 is 0.889 bits per heavy atom. The normalized spacial score (nSPS) is 60.8. The molecule has 0 atom stereocenters. The molecule has 5 fully saturated rings. The summed E-state index contributed by atoms with van der Waals surface area (Å²) < 4.78 is 0. The van der Waals surface area contributed by atoms with Crippen molar-refractivity contribution in [1.29, 1.82) is 0 Å². The van der Waals surface area contributed by atoms with Gasteiger partial charge in [0.05, 0.1) is 17.8 Å². The van der Waals surface area contributed by atoms with Crippen molar-refractivity contribution in [3.63, 3.8) is 0 Å². The summed E-state index contributed by atoms with van der Waals surface area (Å²) in [7, 11) is 0. The highest BCUT2D eigenvalue weighted by Gasteiger charge is 2.76. The van der Waals surface area contributed by atoms with Crippen LogP contribution in [0.4, 0.5) is 0 Å². The topological polar surface area (TPSA) is 51.2 Å². The lowest BCUT2D eigenvalue weighted by atomic mass is 9.31. The molecule has 3 heteroatoms. The van der Waals surface area contributed by atoms with E-state index in [-0.39, 0.29) is 33.6 Å². The molecule has 0 saturated heterocycles. The standard InChI is InChI=1S/C15H18O3/c1-13-4-14(2)6-15(3,5-13)9-11(17)7(13)10(16)8(14)12(9)18/h7-9H,4-6H2,1-3H3. The number of hydrogen-bond acceptors (Lipinski definition) is 3. The van der Waals surface area contributed by atoms with Gasteiger partial charge >= 0.3 is 0 Å². The number of ketones is 3. The quantitative estimate of drug-likeness (QED) is 0.612. The number of carbonyl (C=O) groups is 3. The molecule has 5 aliphatic rings. The molecule has 0 amide bonds. The van der Waals surface area contributed by atoms with E-state index in [1.807, 2.05) is 0 Å². The van der Waals surface area contributed by atoms with Crippen LogP contribution in [0.1, 0.15) is 40.0 Å². The first-order valence-electron chi connectivity index (χ1n) is 6.83. The van der Waals surface area contributed by atoms with Crippen molar-refractivity contribution in [3.05, 3.63) is 0 Å². The van der Waals surface area contributed by atoms with Crippen LogP contribution in [0, 0.1) is 34.0 Å². The Labute approximate surface area is 106 Å². The maximum atomic E-state index is 12.5. The van der Waals surface area contributed by atoms with Gasteiger partial charge in [-0.05, 0) is 35.5 Å². The number of rotatable bonds is 0. The van der Waals surface area contributed by atoms with Crippen LogP contribution >= 0.6 is 0 Å². The molecule has 0 heterocycles. The van der Waals surface area contributed by atoms with Gasteiger partial charge in [-0.2, -0.15) is 0 Å². The van der Waals surface area contributed by atoms with Crippen LogP contribution < -0.4 is 0 Å². The highest BCUT2D eigenvalue weighted by molar-refractivity contribution is 6.26. The lowest BCUT2D eigenvalue weighted by Gasteiger charge is -2.69. The zero-order valence-electron chi connectivity index (χ0n) is 11.1. The van der Waals surface area contributed by atoms with Crippen LogP contribution in [0.3, 0.4) is 0 Å². The van der Waals surface area contributed by atoms with Gasteiger partial charge in [-0.1, -0.05) is 20.8 Å². The van der Waals surface area contributed by atoms with E-state index in [1.54, 1.807) is 0 Å². The Bertz CT molecular complexity index is 430. The van der Waals surface area contributed by atoms with Gasteiger partial charge in [-0.3, -0.25) is 14.4 Å². The smallest absolute Gasteiger partial charge is 0.154 e. The summed E-state index contributed by atoms with van der Waals surface area (Å²) in [6, 6.07) is 0. The third kappa shape index (κ3) is 0.846. The van der Waals surface area contributed by atoms with Gasteiger partial charge in [0.2, 0.25) is 0 Å². The second-order valence-electron chi connectivity index (χ2n) is 8.00. The van der Waals surface area contributed by atoms with E-state index in [1.165, 1.54) is 0 Å². The fourth-order valence-electron chi connectivity index (χ4n) is 6.55. The Morgan fingerprint density at radius 3 is 1.11 bits per heavy atom. The molecule has 0 spiro atoms. The van der Waals surface area contributed by atoms with Crippen molar-refractivity contribution in [1.82, 2.24) is 0 Å². The molecule has 0 unspecified atom stereocenters. The molecule has 6 bridgehead atoms. The molecule has 3 nitrogen and oxygen atoms in total. The average Bonchev–Trinajstić information content (AvgIpc) is 2.08. The Hall–Kier alpha value is -0.990. The largest absolute Gasteiger partial charge is 0.298 e. The maximum Gasteiger partial charge on any atom is 0.154 e. The molecule has 96 valence electrons. The zero-order valence-corrected chi connectivity index (χ0v) is 11.1.